The fraction of sp³-hybridized carbons (Fsp3) is 0.632. The van der Waals surface area contributed by atoms with Gasteiger partial charge < -0.3 is 14.6 Å². The number of carboxylic acids is 1. The molecule has 2 aliphatic rings. The van der Waals surface area contributed by atoms with Gasteiger partial charge in [0, 0.05) is 45.8 Å². The number of rotatable bonds is 7. The van der Waals surface area contributed by atoms with Gasteiger partial charge in [0.2, 0.25) is 0 Å². The van der Waals surface area contributed by atoms with Gasteiger partial charge in [-0.3, -0.25) is 19.5 Å². The van der Waals surface area contributed by atoms with Crippen LogP contribution in [-0.2, 0) is 16.1 Å². The summed E-state index contributed by atoms with van der Waals surface area (Å²) >= 11 is 0. The molecule has 0 spiro atoms. The zero-order chi connectivity index (χ0) is 18.4. The van der Waals surface area contributed by atoms with Crippen molar-refractivity contribution < 1.29 is 19.4 Å². The first-order chi connectivity index (χ1) is 12.6. The summed E-state index contributed by atoms with van der Waals surface area (Å²) in [4.78, 5) is 17.8. The molecule has 0 saturated carbocycles. The van der Waals surface area contributed by atoms with Crippen LogP contribution in [0, 0.1) is 0 Å². The van der Waals surface area contributed by atoms with Gasteiger partial charge in [-0.25, -0.2) is 0 Å². The zero-order valence-electron chi connectivity index (χ0n) is 15.5. The van der Waals surface area contributed by atoms with Crippen LogP contribution in [-0.4, -0.2) is 98.0 Å². The van der Waals surface area contributed by atoms with Crippen LogP contribution in [0.25, 0.3) is 0 Å². The molecule has 3 rings (SSSR count). The molecule has 0 aromatic heterocycles. The molecule has 144 valence electrons. The third kappa shape index (κ3) is 5.41. The standard InChI is InChI=1S/C19H29N3O4/c1-20-5-6-22(15-18(20)19(23)24)14-16-3-2-4-17(13-16)26-12-9-21-7-10-25-11-8-21/h2-4,13,18H,5-12,14-15H2,1H3,(H,23,24). The van der Waals surface area contributed by atoms with Gasteiger partial charge in [-0.15, -0.1) is 0 Å². The van der Waals surface area contributed by atoms with Gasteiger partial charge in [-0.2, -0.15) is 0 Å². The lowest BCUT2D eigenvalue weighted by molar-refractivity contribution is -0.145. The van der Waals surface area contributed by atoms with Crippen molar-refractivity contribution in [2.75, 3.05) is 66.1 Å². The molecular formula is C19H29N3O4. The van der Waals surface area contributed by atoms with Crippen LogP contribution in [0.3, 0.4) is 0 Å². The van der Waals surface area contributed by atoms with E-state index in [1.165, 1.54) is 0 Å². The molecule has 1 unspecified atom stereocenters. The summed E-state index contributed by atoms with van der Waals surface area (Å²) in [6.07, 6.45) is 0. The summed E-state index contributed by atoms with van der Waals surface area (Å²) < 4.78 is 11.3. The molecule has 26 heavy (non-hydrogen) atoms. The van der Waals surface area contributed by atoms with Crippen molar-refractivity contribution >= 4 is 5.97 Å². The van der Waals surface area contributed by atoms with Crippen LogP contribution in [0.2, 0.25) is 0 Å². The summed E-state index contributed by atoms with van der Waals surface area (Å²) in [6.45, 7) is 8.07. The molecule has 0 radical (unpaired) electrons. The number of likely N-dealkylation sites (N-methyl/N-ethyl adjacent to an activating group) is 1. The molecule has 1 N–H and O–H groups in total. The minimum Gasteiger partial charge on any atom is -0.492 e. The largest absolute Gasteiger partial charge is 0.492 e. The molecule has 1 aromatic carbocycles. The lowest BCUT2D eigenvalue weighted by Gasteiger charge is -2.37. The van der Waals surface area contributed by atoms with Gasteiger partial charge in [0.25, 0.3) is 0 Å². The molecule has 1 aromatic rings. The summed E-state index contributed by atoms with van der Waals surface area (Å²) in [7, 11) is 1.87. The first kappa shape index (κ1) is 19.1. The third-order valence-electron chi connectivity index (χ3n) is 5.10. The fourth-order valence-corrected chi connectivity index (χ4v) is 3.45. The maximum Gasteiger partial charge on any atom is 0.322 e. The average Bonchev–Trinajstić information content (AvgIpc) is 2.64. The van der Waals surface area contributed by atoms with Crippen LogP contribution in [0.4, 0.5) is 0 Å². The Morgan fingerprint density at radius 1 is 1.23 bits per heavy atom. The Morgan fingerprint density at radius 2 is 2.04 bits per heavy atom. The SMILES string of the molecule is CN1CCN(Cc2cccc(OCCN3CCOCC3)c2)CC1C(=O)O. The number of hydrogen-bond donors (Lipinski definition) is 1. The Balaban J connectivity index is 1.48. The molecule has 7 heteroatoms. The summed E-state index contributed by atoms with van der Waals surface area (Å²) in [5.41, 5.74) is 1.16. The second-order valence-electron chi connectivity index (χ2n) is 7.02. The number of carbonyl (C=O) groups is 1. The van der Waals surface area contributed by atoms with Crippen LogP contribution in [0.1, 0.15) is 5.56 Å². The van der Waals surface area contributed by atoms with E-state index in [2.05, 4.69) is 21.9 Å². The van der Waals surface area contributed by atoms with Gasteiger partial charge in [-0.05, 0) is 24.7 Å². The number of nitrogens with zero attached hydrogens (tertiary/aromatic N) is 3. The lowest BCUT2D eigenvalue weighted by Crippen LogP contribution is -2.54. The van der Waals surface area contributed by atoms with Crippen LogP contribution >= 0.6 is 0 Å². The van der Waals surface area contributed by atoms with Crippen molar-refractivity contribution in [1.29, 1.82) is 0 Å². The van der Waals surface area contributed by atoms with Crippen LogP contribution in [0.5, 0.6) is 5.75 Å². The van der Waals surface area contributed by atoms with Crippen molar-refractivity contribution in [3.8, 4) is 5.75 Å². The van der Waals surface area contributed by atoms with E-state index in [0.717, 1.165) is 63.8 Å². The topological polar surface area (TPSA) is 65.5 Å². The maximum atomic E-state index is 11.4. The van der Waals surface area contributed by atoms with Gasteiger partial charge in [0.15, 0.2) is 0 Å². The monoisotopic (exact) mass is 363 g/mol. The van der Waals surface area contributed by atoms with Crippen molar-refractivity contribution in [2.45, 2.75) is 12.6 Å². The van der Waals surface area contributed by atoms with Crippen molar-refractivity contribution in [3.63, 3.8) is 0 Å². The van der Waals surface area contributed by atoms with E-state index >= 15 is 0 Å². The molecular weight excluding hydrogens is 334 g/mol. The van der Waals surface area contributed by atoms with Crippen LogP contribution < -0.4 is 4.74 Å². The number of morpholine rings is 1. The number of hydrogen-bond acceptors (Lipinski definition) is 6. The number of benzene rings is 1. The Labute approximate surface area is 155 Å². The van der Waals surface area contributed by atoms with E-state index in [1.807, 2.05) is 24.1 Å². The van der Waals surface area contributed by atoms with Gasteiger partial charge in [0.1, 0.15) is 18.4 Å². The first-order valence-electron chi connectivity index (χ1n) is 9.29. The van der Waals surface area contributed by atoms with E-state index in [9.17, 15) is 9.90 Å². The predicted molar refractivity (Wildman–Crippen MR) is 98.5 cm³/mol. The van der Waals surface area contributed by atoms with E-state index in [4.69, 9.17) is 9.47 Å². The van der Waals surface area contributed by atoms with E-state index < -0.39 is 12.0 Å². The van der Waals surface area contributed by atoms with Crippen molar-refractivity contribution in [3.05, 3.63) is 29.8 Å². The number of ether oxygens (including phenoxy) is 2. The van der Waals surface area contributed by atoms with Gasteiger partial charge in [0.05, 0.1) is 13.2 Å². The normalized spacial score (nSPS) is 23.0. The quantitative estimate of drug-likeness (QED) is 0.761. The predicted octanol–water partition coefficient (Wildman–Crippen LogP) is 0.598. The highest BCUT2D eigenvalue weighted by Gasteiger charge is 2.29. The molecule has 0 bridgehead atoms. The number of piperazine rings is 1. The number of aliphatic carboxylic acids is 1. The zero-order valence-corrected chi connectivity index (χ0v) is 15.5. The molecule has 0 aliphatic carbocycles. The van der Waals surface area contributed by atoms with E-state index in [-0.39, 0.29) is 0 Å². The van der Waals surface area contributed by atoms with Crippen molar-refractivity contribution in [2.24, 2.45) is 0 Å². The summed E-state index contributed by atoms with van der Waals surface area (Å²) in [5, 5.41) is 9.34. The molecule has 0 amide bonds. The highest BCUT2D eigenvalue weighted by molar-refractivity contribution is 5.73. The highest BCUT2D eigenvalue weighted by atomic mass is 16.5. The molecule has 1 atom stereocenters. The van der Waals surface area contributed by atoms with Gasteiger partial charge >= 0.3 is 5.97 Å². The van der Waals surface area contributed by atoms with E-state index in [0.29, 0.717) is 13.2 Å². The lowest BCUT2D eigenvalue weighted by atomic mass is 10.1. The molecule has 2 saturated heterocycles. The Kier molecular flexibility index (Phi) is 6.85. The van der Waals surface area contributed by atoms with E-state index in [1.54, 1.807) is 0 Å². The Hall–Kier alpha value is -1.67. The molecule has 2 fully saturated rings. The third-order valence-corrected chi connectivity index (χ3v) is 5.10. The fourth-order valence-electron chi connectivity index (χ4n) is 3.45. The Bertz CT molecular complexity index is 592. The first-order valence-corrected chi connectivity index (χ1v) is 9.29. The molecule has 7 nitrogen and oxygen atoms in total. The van der Waals surface area contributed by atoms with Gasteiger partial charge in [-0.1, -0.05) is 12.1 Å². The minimum atomic E-state index is -0.752. The molecule has 2 heterocycles. The summed E-state index contributed by atoms with van der Waals surface area (Å²) in [6, 6.07) is 7.68. The Morgan fingerprint density at radius 3 is 2.81 bits per heavy atom. The number of carboxylic acid groups (broad SMARTS) is 1. The highest BCUT2D eigenvalue weighted by Crippen LogP contribution is 2.17. The summed E-state index contributed by atoms with van der Waals surface area (Å²) in [5.74, 6) is 0.122. The average molecular weight is 363 g/mol. The minimum absolute atomic E-state index is 0.434. The molecule has 2 aliphatic heterocycles. The second kappa shape index (κ2) is 9.32. The van der Waals surface area contributed by atoms with Crippen LogP contribution in [0.15, 0.2) is 24.3 Å². The second-order valence-corrected chi connectivity index (χ2v) is 7.02. The smallest absolute Gasteiger partial charge is 0.322 e. The van der Waals surface area contributed by atoms with Crippen molar-refractivity contribution in [1.82, 2.24) is 14.7 Å². The maximum absolute atomic E-state index is 11.4.